The van der Waals surface area contributed by atoms with Gasteiger partial charge in [0.2, 0.25) is 5.91 Å². The number of carbonyl (C=O) groups is 2. The Morgan fingerprint density at radius 1 is 1.11 bits per heavy atom. The highest BCUT2D eigenvalue weighted by molar-refractivity contribution is 7.16. The highest BCUT2D eigenvalue weighted by Crippen LogP contribution is 2.33. The van der Waals surface area contributed by atoms with Crippen molar-refractivity contribution in [3.05, 3.63) is 45.8 Å². The van der Waals surface area contributed by atoms with E-state index in [0.717, 1.165) is 29.0 Å². The average molecular weight is 404 g/mol. The minimum atomic E-state index is -0.394. The van der Waals surface area contributed by atoms with Crippen molar-refractivity contribution >= 4 is 28.2 Å². The third kappa shape index (κ3) is 6.09. The lowest BCUT2D eigenvalue weighted by Gasteiger charge is -2.08. The third-order valence-electron chi connectivity index (χ3n) is 4.40. The van der Waals surface area contributed by atoms with Crippen LogP contribution in [0.3, 0.4) is 0 Å². The first-order valence-electron chi connectivity index (χ1n) is 9.74. The molecule has 6 heteroatoms. The summed E-state index contributed by atoms with van der Waals surface area (Å²) < 4.78 is 10.8. The molecule has 1 aromatic carbocycles. The summed E-state index contributed by atoms with van der Waals surface area (Å²) in [5.74, 6) is 0.289. The molecular formula is C22H29NO4S. The van der Waals surface area contributed by atoms with Gasteiger partial charge in [0.15, 0.2) is 0 Å². The molecule has 0 aliphatic heterocycles. The van der Waals surface area contributed by atoms with Crippen LogP contribution >= 0.6 is 11.3 Å². The predicted octanol–water partition coefficient (Wildman–Crippen LogP) is 5.29. The van der Waals surface area contributed by atoms with E-state index < -0.39 is 5.97 Å². The van der Waals surface area contributed by atoms with Crippen molar-refractivity contribution in [3.63, 3.8) is 0 Å². The molecule has 1 amide bonds. The monoisotopic (exact) mass is 403 g/mol. The molecule has 0 saturated carbocycles. The van der Waals surface area contributed by atoms with Gasteiger partial charge in [-0.1, -0.05) is 25.5 Å². The molecule has 5 nitrogen and oxygen atoms in total. The molecule has 0 saturated heterocycles. The zero-order chi connectivity index (χ0) is 20.5. The fourth-order valence-corrected chi connectivity index (χ4v) is 3.88. The zero-order valence-corrected chi connectivity index (χ0v) is 17.9. The predicted molar refractivity (Wildman–Crippen MR) is 114 cm³/mol. The number of thiophene rings is 1. The minimum absolute atomic E-state index is 0.131. The van der Waals surface area contributed by atoms with E-state index in [9.17, 15) is 9.59 Å². The van der Waals surface area contributed by atoms with Gasteiger partial charge in [0.25, 0.3) is 0 Å². The number of amides is 1. The van der Waals surface area contributed by atoms with Crippen LogP contribution in [0.2, 0.25) is 0 Å². The highest BCUT2D eigenvalue weighted by Gasteiger charge is 2.21. The van der Waals surface area contributed by atoms with Crippen LogP contribution in [0.15, 0.2) is 24.3 Å². The molecule has 2 aromatic rings. The molecule has 28 heavy (non-hydrogen) atoms. The van der Waals surface area contributed by atoms with Gasteiger partial charge in [-0.25, -0.2) is 4.79 Å². The number of carbonyl (C=O) groups excluding carboxylic acids is 2. The Kier molecular flexibility index (Phi) is 8.51. The number of esters is 1. The van der Waals surface area contributed by atoms with Crippen molar-refractivity contribution in [2.75, 3.05) is 18.5 Å². The van der Waals surface area contributed by atoms with Gasteiger partial charge in [-0.05, 0) is 56.9 Å². The van der Waals surface area contributed by atoms with Crippen LogP contribution < -0.4 is 10.1 Å². The Hall–Kier alpha value is -2.34. The molecule has 1 aromatic heterocycles. The van der Waals surface area contributed by atoms with E-state index in [1.54, 1.807) is 6.92 Å². The lowest BCUT2D eigenvalue weighted by molar-refractivity contribution is -0.116. The van der Waals surface area contributed by atoms with E-state index in [4.69, 9.17) is 9.47 Å². The van der Waals surface area contributed by atoms with Crippen LogP contribution in [-0.4, -0.2) is 25.1 Å². The Morgan fingerprint density at radius 2 is 1.82 bits per heavy atom. The van der Waals surface area contributed by atoms with Crippen LogP contribution in [0.1, 0.15) is 59.5 Å². The molecule has 0 radical (unpaired) electrons. The van der Waals surface area contributed by atoms with E-state index in [1.807, 2.05) is 26.0 Å². The fraction of sp³-hybridized carbons (Fsp3) is 0.455. The maximum Gasteiger partial charge on any atom is 0.341 e. The molecule has 0 spiro atoms. The Morgan fingerprint density at radius 3 is 2.46 bits per heavy atom. The zero-order valence-electron chi connectivity index (χ0n) is 17.1. The van der Waals surface area contributed by atoms with Crippen molar-refractivity contribution in [2.24, 2.45) is 0 Å². The van der Waals surface area contributed by atoms with Crippen LogP contribution in [0.4, 0.5) is 5.00 Å². The van der Waals surface area contributed by atoms with E-state index in [1.165, 1.54) is 16.9 Å². The van der Waals surface area contributed by atoms with Crippen LogP contribution in [-0.2, 0) is 16.0 Å². The van der Waals surface area contributed by atoms with Gasteiger partial charge < -0.3 is 14.8 Å². The average Bonchev–Trinajstić information content (AvgIpc) is 2.94. The Balaban J connectivity index is 1.83. The summed E-state index contributed by atoms with van der Waals surface area (Å²) in [7, 11) is 0. The van der Waals surface area contributed by atoms with Crippen molar-refractivity contribution < 1.29 is 19.1 Å². The molecule has 1 heterocycles. The second-order valence-corrected chi connectivity index (χ2v) is 7.83. The summed E-state index contributed by atoms with van der Waals surface area (Å²) in [6.45, 7) is 8.49. The molecule has 0 unspecified atom stereocenters. The lowest BCUT2D eigenvalue weighted by atomic mass is 10.1. The first kappa shape index (κ1) is 22.0. The first-order chi connectivity index (χ1) is 13.5. The van der Waals surface area contributed by atoms with Gasteiger partial charge in [-0.3, -0.25) is 4.79 Å². The van der Waals surface area contributed by atoms with Crippen molar-refractivity contribution in [1.29, 1.82) is 0 Å². The standard InChI is InChI=1S/C22H29NO4S/c1-5-8-17-10-12-18(13-11-17)27-14-7-9-19(24)23-21-20(22(25)26-6-2)15(3)16(4)28-21/h10-13H,5-9,14H2,1-4H3,(H,23,24). The van der Waals surface area contributed by atoms with Crippen LogP contribution in [0.5, 0.6) is 5.75 Å². The molecule has 0 fully saturated rings. The molecule has 0 bridgehead atoms. The molecule has 0 aliphatic carbocycles. The molecule has 1 N–H and O–H groups in total. The quantitative estimate of drug-likeness (QED) is 0.432. The summed E-state index contributed by atoms with van der Waals surface area (Å²) in [4.78, 5) is 25.5. The topological polar surface area (TPSA) is 64.6 Å². The summed E-state index contributed by atoms with van der Waals surface area (Å²) in [5.41, 5.74) is 2.61. The summed E-state index contributed by atoms with van der Waals surface area (Å²) in [6, 6.07) is 8.08. The molecule has 0 aliphatic rings. The number of anilines is 1. The highest BCUT2D eigenvalue weighted by atomic mass is 32.1. The van der Waals surface area contributed by atoms with E-state index in [-0.39, 0.29) is 5.91 Å². The Labute approximate surface area is 171 Å². The van der Waals surface area contributed by atoms with E-state index in [0.29, 0.717) is 36.6 Å². The van der Waals surface area contributed by atoms with Crippen LogP contribution in [0.25, 0.3) is 0 Å². The van der Waals surface area contributed by atoms with Crippen molar-refractivity contribution in [2.45, 2.75) is 53.4 Å². The number of rotatable bonds is 10. The maximum atomic E-state index is 12.3. The fourth-order valence-electron chi connectivity index (χ4n) is 2.82. The summed E-state index contributed by atoms with van der Waals surface area (Å²) in [5, 5.41) is 3.42. The summed E-state index contributed by atoms with van der Waals surface area (Å²) in [6.07, 6.45) is 3.11. The van der Waals surface area contributed by atoms with Gasteiger partial charge >= 0.3 is 5.97 Å². The second kappa shape index (κ2) is 10.9. The maximum absolute atomic E-state index is 12.3. The summed E-state index contributed by atoms with van der Waals surface area (Å²) >= 11 is 1.40. The van der Waals surface area contributed by atoms with E-state index in [2.05, 4.69) is 24.4 Å². The molecule has 2 rings (SSSR count). The van der Waals surface area contributed by atoms with Gasteiger partial charge in [0.1, 0.15) is 10.8 Å². The number of nitrogens with one attached hydrogen (secondary N) is 1. The second-order valence-electron chi connectivity index (χ2n) is 6.60. The van der Waals surface area contributed by atoms with E-state index >= 15 is 0 Å². The SMILES string of the molecule is CCCc1ccc(OCCCC(=O)Nc2sc(C)c(C)c2C(=O)OCC)cc1. The van der Waals surface area contributed by atoms with Crippen molar-refractivity contribution in [1.82, 2.24) is 0 Å². The Bertz CT molecular complexity index is 796. The van der Waals surface area contributed by atoms with Crippen molar-refractivity contribution in [3.8, 4) is 5.75 Å². The first-order valence-corrected chi connectivity index (χ1v) is 10.6. The largest absolute Gasteiger partial charge is 0.494 e. The number of hydrogen-bond acceptors (Lipinski definition) is 5. The molecule has 152 valence electrons. The normalized spacial score (nSPS) is 10.6. The van der Waals surface area contributed by atoms with Gasteiger partial charge in [-0.2, -0.15) is 0 Å². The smallest absolute Gasteiger partial charge is 0.341 e. The molecular weight excluding hydrogens is 374 g/mol. The molecule has 0 atom stereocenters. The van der Waals surface area contributed by atoms with Gasteiger partial charge in [0.05, 0.1) is 18.8 Å². The number of hydrogen-bond donors (Lipinski definition) is 1. The third-order valence-corrected chi connectivity index (χ3v) is 5.52. The number of benzene rings is 1. The van der Waals surface area contributed by atoms with Crippen LogP contribution in [0, 0.1) is 13.8 Å². The minimum Gasteiger partial charge on any atom is -0.494 e. The number of ether oxygens (including phenoxy) is 2. The van der Waals surface area contributed by atoms with Gasteiger partial charge in [-0.15, -0.1) is 11.3 Å². The number of aryl methyl sites for hydroxylation is 2. The van der Waals surface area contributed by atoms with Gasteiger partial charge in [0, 0.05) is 11.3 Å². The lowest BCUT2D eigenvalue weighted by Crippen LogP contribution is -2.15.